The summed E-state index contributed by atoms with van der Waals surface area (Å²) < 4.78 is 5.47. The summed E-state index contributed by atoms with van der Waals surface area (Å²) in [7, 11) is 0. The van der Waals surface area contributed by atoms with Crippen molar-refractivity contribution in [1.82, 2.24) is 15.5 Å². The second-order valence-corrected chi connectivity index (χ2v) is 6.71. The van der Waals surface area contributed by atoms with Crippen LogP contribution >= 0.6 is 11.8 Å². The predicted octanol–water partition coefficient (Wildman–Crippen LogP) is 2.98. The third-order valence-corrected chi connectivity index (χ3v) is 4.52. The standard InChI is InChI=1S/C14H23N3O2S/c1-9(2)13-16-17-14(19-13)20-8-12(18)15-11-7-5-4-6-10(11)3/h9-11H,4-8H2,1-3H3,(H,15,18)/t10-,11-/m0/s1. The van der Waals surface area contributed by atoms with Crippen LogP contribution in [-0.2, 0) is 4.79 Å². The van der Waals surface area contributed by atoms with Crippen LogP contribution in [0, 0.1) is 5.92 Å². The molecule has 1 amide bonds. The molecule has 1 aromatic rings. The molecule has 1 aromatic heterocycles. The lowest BCUT2D eigenvalue weighted by Crippen LogP contribution is -2.41. The number of thioether (sulfide) groups is 1. The molecule has 0 radical (unpaired) electrons. The number of rotatable bonds is 5. The Morgan fingerprint density at radius 1 is 1.40 bits per heavy atom. The molecule has 1 heterocycles. The lowest BCUT2D eigenvalue weighted by Gasteiger charge is -2.29. The molecule has 1 N–H and O–H groups in total. The van der Waals surface area contributed by atoms with E-state index in [2.05, 4.69) is 22.4 Å². The summed E-state index contributed by atoms with van der Waals surface area (Å²) in [5, 5.41) is 11.5. The van der Waals surface area contributed by atoms with Crippen LogP contribution in [0.2, 0.25) is 0 Å². The Morgan fingerprint density at radius 2 is 2.15 bits per heavy atom. The Balaban J connectivity index is 1.76. The number of hydrogen-bond acceptors (Lipinski definition) is 5. The van der Waals surface area contributed by atoms with Crippen molar-refractivity contribution >= 4 is 17.7 Å². The van der Waals surface area contributed by atoms with Crippen molar-refractivity contribution in [2.24, 2.45) is 5.92 Å². The molecular weight excluding hydrogens is 274 g/mol. The zero-order valence-corrected chi connectivity index (χ0v) is 13.2. The minimum Gasteiger partial charge on any atom is -0.416 e. The van der Waals surface area contributed by atoms with E-state index in [1.807, 2.05) is 13.8 Å². The molecule has 0 bridgehead atoms. The highest BCUT2D eigenvalue weighted by Crippen LogP contribution is 2.24. The van der Waals surface area contributed by atoms with Gasteiger partial charge in [-0.25, -0.2) is 0 Å². The molecule has 0 unspecified atom stereocenters. The van der Waals surface area contributed by atoms with Crippen LogP contribution < -0.4 is 5.32 Å². The highest BCUT2D eigenvalue weighted by molar-refractivity contribution is 7.99. The number of nitrogens with zero attached hydrogens (tertiary/aromatic N) is 2. The van der Waals surface area contributed by atoms with Gasteiger partial charge in [0.1, 0.15) is 0 Å². The first-order valence-electron chi connectivity index (χ1n) is 7.32. The Bertz CT molecular complexity index is 447. The average molecular weight is 297 g/mol. The van der Waals surface area contributed by atoms with Crippen molar-refractivity contribution in [2.45, 2.75) is 63.6 Å². The maximum Gasteiger partial charge on any atom is 0.277 e. The largest absolute Gasteiger partial charge is 0.416 e. The first-order valence-corrected chi connectivity index (χ1v) is 8.30. The zero-order valence-electron chi connectivity index (χ0n) is 12.4. The number of carbonyl (C=O) groups is 1. The van der Waals surface area contributed by atoms with Crippen LogP contribution in [0.1, 0.15) is 58.3 Å². The van der Waals surface area contributed by atoms with Gasteiger partial charge in [-0.15, -0.1) is 10.2 Å². The van der Waals surface area contributed by atoms with Crippen LogP contribution in [0.25, 0.3) is 0 Å². The second kappa shape index (κ2) is 7.11. The fraction of sp³-hybridized carbons (Fsp3) is 0.786. The fourth-order valence-electron chi connectivity index (χ4n) is 2.42. The monoisotopic (exact) mass is 297 g/mol. The normalized spacial score (nSPS) is 23.0. The maximum atomic E-state index is 11.9. The van der Waals surface area contributed by atoms with E-state index in [0.29, 0.717) is 28.8 Å². The molecule has 20 heavy (non-hydrogen) atoms. The fourth-order valence-corrected chi connectivity index (χ4v) is 3.00. The van der Waals surface area contributed by atoms with Gasteiger partial charge in [-0.2, -0.15) is 0 Å². The van der Waals surface area contributed by atoms with Crippen molar-refractivity contribution in [1.29, 1.82) is 0 Å². The maximum absolute atomic E-state index is 11.9. The highest BCUT2D eigenvalue weighted by Gasteiger charge is 2.23. The third-order valence-electron chi connectivity index (χ3n) is 3.70. The molecule has 5 nitrogen and oxygen atoms in total. The van der Waals surface area contributed by atoms with Gasteiger partial charge in [-0.05, 0) is 18.8 Å². The quantitative estimate of drug-likeness (QED) is 0.846. The first kappa shape index (κ1) is 15.4. The number of nitrogens with one attached hydrogen (secondary N) is 1. The van der Waals surface area contributed by atoms with E-state index in [9.17, 15) is 4.79 Å². The van der Waals surface area contributed by atoms with Gasteiger partial charge in [-0.1, -0.05) is 45.4 Å². The van der Waals surface area contributed by atoms with Gasteiger partial charge in [0, 0.05) is 12.0 Å². The Morgan fingerprint density at radius 3 is 2.80 bits per heavy atom. The lowest BCUT2D eigenvalue weighted by molar-refractivity contribution is -0.119. The Hall–Kier alpha value is -1.04. The van der Waals surface area contributed by atoms with Crippen molar-refractivity contribution in [3.05, 3.63) is 5.89 Å². The van der Waals surface area contributed by atoms with Crippen LogP contribution in [-0.4, -0.2) is 27.9 Å². The van der Waals surface area contributed by atoms with Gasteiger partial charge in [0.05, 0.1) is 5.75 Å². The van der Waals surface area contributed by atoms with Gasteiger partial charge in [0.15, 0.2) is 0 Å². The number of carbonyl (C=O) groups excluding carboxylic acids is 1. The van der Waals surface area contributed by atoms with Crippen molar-refractivity contribution in [3.8, 4) is 0 Å². The molecule has 0 aliphatic heterocycles. The summed E-state index contributed by atoms with van der Waals surface area (Å²) in [5.41, 5.74) is 0. The summed E-state index contributed by atoms with van der Waals surface area (Å²) in [4.78, 5) is 11.9. The van der Waals surface area contributed by atoms with E-state index in [1.165, 1.54) is 31.0 Å². The van der Waals surface area contributed by atoms with Crippen molar-refractivity contribution in [2.75, 3.05) is 5.75 Å². The first-order chi connectivity index (χ1) is 9.56. The molecule has 1 aliphatic rings. The van der Waals surface area contributed by atoms with E-state index in [0.717, 1.165) is 6.42 Å². The van der Waals surface area contributed by atoms with Crippen LogP contribution in [0.15, 0.2) is 9.64 Å². The van der Waals surface area contributed by atoms with Gasteiger partial charge in [0.25, 0.3) is 5.22 Å². The number of amides is 1. The summed E-state index contributed by atoms with van der Waals surface area (Å²) in [6, 6.07) is 0.325. The third kappa shape index (κ3) is 4.23. The number of aromatic nitrogens is 2. The average Bonchev–Trinajstić information content (AvgIpc) is 2.88. The second-order valence-electron chi connectivity index (χ2n) is 5.79. The molecule has 6 heteroatoms. The highest BCUT2D eigenvalue weighted by atomic mass is 32.2. The molecule has 0 saturated heterocycles. The smallest absolute Gasteiger partial charge is 0.277 e. The molecule has 0 aromatic carbocycles. The predicted molar refractivity (Wildman–Crippen MR) is 78.7 cm³/mol. The topological polar surface area (TPSA) is 68.0 Å². The Labute approximate surface area is 124 Å². The van der Waals surface area contributed by atoms with Crippen molar-refractivity contribution < 1.29 is 9.21 Å². The molecule has 0 spiro atoms. The summed E-state index contributed by atoms with van der Waals surface area (Å²) in [6.07, 6.45) is 4.79. The lowest BCUT2D eigenvalue weighted by atomic mass is 9.86. The van der Waals surface area contributed by atoms with Gasteiger partial charge < -0.3 is 9.73 Å². The van der Waals surface area contributed by atoms with Crippen LogP contribution in [0.3, 0.4) is 0 Å². The molecule has 2 rings (SSSR count). The van der Waals surface area contributed by atoms with Gasteiger partial charge in [-0.3, -0.25) is 4.79 Å². The summed E-state index contributed by atoms with van der Waals surface area (Å²) in [5.74, 6) is 1.80. The SMILES string of the molecule is CC(C)c1nnc(SCC(=O)N[C@H]2CCCC[C@@H]2C)o1. The molecule has 1 aliphatic carbocycles. The van der Waals surface area contributed by atoms with E-state index < -0.39 is 0 Å². The zero-order chi connectivity index (χ0) is 14.5. The summed E-state index contributed by atoms with van der Waals surface area (Å²) >= 11 is 1.30. The molecular formula is C14H23N3O2S. The van der Waals surface area contributed by atoms with Crippen molar-refractivity contribution in [3.63, 3.8) is 0 Å². The number of hydrogen-bond donors (Lipinski definition) is 1. The molecule has 1 fully saturated rings. The van der Waals surface area contributed by atoms with Crippen LogP contribution in [0.5, 0.6) is 0 Å². The minimum absolute atomic E-state index is 0.0537. The van der Waals surface area contributed by atoms with Gasteiger partial charge in [0.2, 0.25) is 11.8 Å². The van der Waals surface area contributed by atoms with E-state index >= 15 is 0 Å². The van der Waals surface area contributed by atoms with E-state index in [1.54, 1.807) is 0 Å². The molecule has 2 atom stereocenters. The summed E-state index contributed by atoms with van der Waals surface area (Å²) in [6.45, 7) is 6.21. The molecule has 1 saturated carbocycles. The minimum atomic E-state index is 0.0537. The van der Waals surface area contributed by atoms with Gasteiger partial charge >= 0.3 is 0 Å². The Kier molecular flexibility index (Phi) is 5.46. The van der Waals surface area contributed by atoms with E-state index in [-0.39, 0.29) is 11.8 Å². The molecule has 112 valence electrons. The van der Waals surface area contributed by atoms with E-state index in [4.69, 9.17) is 4.42 Å². The van der Waals surface area contributed by atoms with Crippen LogP contribution in [0.4, 0.5) is 0 Å².